The standard InChI is InChI=1S/C18H17ClO5S/c1-3-23-18(20)12-17(14-6-8-15(19)9-7-14)24-25(21,22)16-10-4-13(2)5-11-16/h4-12H,3H2,1-2H3/b17-12-. The first-order chi connectivity index (χ1) is 11.8. The molecule has 25 heavy (non-hydrogen) atoms. The minimum absolute atomic E-state index is 0.0122. The fourth-order valence-electron chi connectivity index (χ4n) is 1.93. The zero-order valence-corrected chi connectivity index (χ0v) is 15.3. The highest BCUT2D eigenvalue weighted by Crippen LogP contribution is 2.24. The van der Waals surface area contributed by atoms with Crippen molar-refractivity contribution >= 4 is 33.4 Å². The fraction of sp³-hybridized carbons (Fsp3) is 0.167. The molecular weight excluding hydrogens is 364 g/mol. The van der Waals surface area contributed by atoms with Gasteiger partial charge in [-0.2, -0.15) is 8.42 Å². The second-order valence-corrected chi connectivity index (χ2v) is 7.10. The van der Waals surface area contributed by atoms with Crippen LogP contribution in [0.4, 0.5) is 0 Å². The maximum absolute atomic E-state index is 12.5. The number of benzene rings is 2. The maximum Gasteiger partial charge on any atom is 0.339 e. The van der Waals surface area contributed by atoms with E-state index in [2.05, 4.69) is 0 Å². The molecule has 0 bridgehead atoms. The van der Waals surface area contributed by atoms with Gasteiger partial charge in [0.1, 0.15) is 4.90 Å². The second kappa shape index (κ2) is 8.18. The van der Waals surface area contributed by atoms with Crippen molar-refractivity contribution in [1.29, 1.82) is 0 Å². The fourth-order valence-corrected chi connectivity index (χ4v) is 3.00. The molecule has 0 fully saturated rings. The maximum atomic E-state index is 12.5. The van der Waals surface area contributed by atoms with E-state index in [9.17, 15) is 13.2 Å². The first kappa shape index (κ1) is 19.0. The molecule has 0 heterocycles. The van der Waals surface area contributed by atoms with E-state index in [0.717, 1.165) is 11.6 Å². The molecule has 0 radical (unpaired) electrons. The molecule has 5 nitrogen and oxygen atoms in total. The van der Waals surface area contributed by atoms with Gasteiger partial charge in [-0.25, -0.2) is 4.79 Å². The van der Waals surface area contributed by atoms with Crippen molar-refractivity contribution in [2.75, 3.05) is 6.61 Å². The molecule has 0 saturated carbocycles. The molecule has 0 saturated heterocycles. The lowest BCUT2D eigenvalue weighted by Crippen LogP contribution is -2.08. The highest BCUT2D eigenvalue weighted by molar-refractivity contribution is 7.87. The quantitative estimate of drug-likeness (QED) is 0.328. The molecule has 7 heteroatoms. The van der Waals surface area contributed by atoms with Gasteiger partial charge in [0.25, 0.3) is 0 Å². The molecule has 0 unspecified atom stereocenters. The van der Waals surface area contributed by atoms with Gasteiger partial charge < -0.3 is 8.92 Å². The highest BCUT2D eigenvalue weighted by atomic mass is 35.5. The Morgan fingerprint density at radius 3 is 2.24 bits per heavy atom. The summed E-state index contributed by atoms with van der Waals surface area (Å²) in [4.78, 5) is 11.7. The summed E-state index contributed by atoms with van der Waals surface area (Å²) in [7, 11) is -4.10. The molecule has 0 N–H and O–H groups in total. The smallest absolute Gasteiger partial charge is 0.339 e. The Hall–Kier alpha value is -2.31. The number of aryl methyl sites for hydroxylation is 1. The van der Waals surface area contributed by atoms with E-state index < -0.39 is 16.1 Å². The Bertz CT molecular complexity index is 869. The van der Waals surface area contributed by atoms with Crippen molar-refractivity contribution in [1.82, 2.24) is 0 Å². The van der Waals surface area contributed by atoms with E-state index >= 15 is 0 Å². The molecule has 2 rings (SSSR count). The average Bonchev–Trinajstić information content (AvgIpc) is 2.55. The number of carbonyl (C=O) groups excluding carboxylic acids is 1. The second-order valence-electron chi connectivity index (χ2n) is 5.12. The first-order valence-electron chi connectivity index (χ1n) is 7.47. The Labute approximate surface area is 152 Å². The van der Waals surface area contributed by atoms with Crippen LogP contribution in [0.5, 0.6) is 0 Å². The topological polar surface area (TPSA) is 69.7 Å². The number of carbonyl (C=O) groups is 1. The molecule has 0 amide bonds. The van der Waals surface area contributed by atoms with Gasteiger partial charge in [0.15, 0.2) is 5.76 Å². The number of hydrogen-bond donors (Lipinski definition) is 0. The van der Waals surface area contributed by atoms with E-state index in [1.165, 1.54) is 12.1 Å². The summed E-state index contributed by atoms with van der Waals surface area (Å²) in [6.07, 6.45) is 0.998. The van der Waals surface area contributed by atoms with Crippen molar-refractivity contribution in [3.05, 3.63) is 70.8 Å². The Kier molecular flexibility index (Phi) is 6.22. The highest BCUT2D eigenvalue weighted by Gasteiger charge is 2.20. The van der Waals surface area contributed by atoms with Gasteiger partial charge in [-0.3, -0.25) is 0 Å². The minimum atomic E-state index is -4.10. The predicted molar refractivity (Wildman–Crippen MR) is 95.5 cm³/mol. The van der Waals surface area contributed by atoms with Crippen molar-refractivity contribution in [3.8, 4) is 0 Å². The minimum Gasteiger partial charge on any atom is -0.463 e. The van der Waals surface area contributed by atoms with Crippen molar-refractivity contribution in [3.63, 3.8) is 0 Å². The lowest BCUT2D eigenvalue weighted by Gasteiger charge is -2.11. The van der Waals surface area contributed by atoms with Gasteiger partial charge in [-0.05, 0) is 50.2 Å². The molecule has 132 valence electrons. The van der Waals surface area contributed by atoms with E-state index in [0.29, 0.717) is 10.6 Å². The molecule has 0 atom stereocenters. The average molecular weight is 381 g/mol. The van der Waals surface area contributed by atoms with Crippen molar-refractivity contribution in [2.45, 2.75) is 18.7 Å². The molecule has 0 aliphatic carbocycles. The molecule has 2 aromatic rings. The molecule has 0 spiro atoms. The lowest BCUT2D eigenvalue weighted by atomic mass is 10.2. The summed E-state index contributed by atoms with van der Waals surface area (Å²) < 4.78 is 35.0. The monoisotopic (exact) mass is 380 g/mol. The normalized spacial score (nSPS) is 11.9. The van der Waals surface area contributed by atoms with Gasteiger partial charge >= 0.3 is 16.1 Å². The van der Waals surface area contributed by atoms with Crippen LogP contribution in [0.25, 0.3) is 5.76 Å². The molecule has 2 aromatic carbocycles. The van der Waals surface area contributed by atoms with Crippen LogP contribution in [0, 0.1) is 6.92 Å². The van der Waals surface area contributed by atoms with Gasteiger partial charge in [0.2, 0.25) is 0 Å². The van der Waals surface area contributed by atoms with Crippen LogP contribution in [0.3, 0.4) is 0 Å². The zero-order valence-electron chi connectivity index (χ0n) is 13.7. The summed E-state index contributed by atoms with van der Waals surface area (Å²) in [5, 5.41) is 0.473. The Balaban J connectivity index is 2.40. The van der Waals surface area contributed by atoms with Crippen molar-refractivity contribution in [2.24, 2.45) is 0 Å². The number of esters is 1. The van der Waals surface area contributed by atoms with Crippen LogP contribution in [0.1, 0.15) is 18.1 Å². The summed E-state index contributed by atoms with van der Waals surface area (Å²) in [6, 6.07) is 12.4. The van der Waals surface area contributed by atoms with Crippen LogP contribution in [0.2, 0.25) is 5.02 Å². The summed E-state index contributed by atoms with van der Waals surface area (Å²) >= 11 is 5.85. The molecular formula is C18H17ClO5S. The van der Waals surface area contributed by atoms with Gasteiger partial charge in [0, 0.05) is 10.6 Å². The number of rotatable bonds is 6. The molecule has 0 aliphatic rings. The summed E-state index contributed by atoms with van der Waals surface area (Å²) in [5.74, 6) is -0.845. The SMILES string of the molecule is CCOC(=O)/C=C(\OS(=O)(=O)c1ccc(C)cc1)c1ccc(Cl)cc1. The van der Waals surface area contributed by atoms with E-state index in [-0.39, 0.29) is 17.3 Å². The Morgan fingerprint density at radius 2 is 1.68 bits per heavy atom. The Morgan fingerprint density at radius 1 is 1.08 bits per heavy atom. The van der Waals surface area contributed by atoms with Crippen LogP contribution in [0.15, 0.2) is 59.5 Å². The zero-order chi connectivity index (χ0) is 18.4. The van der Waals surface area contributed by atoms with Crippen LogP contribution in [-0.4, -0.2) is 21.0 Å². The van der Waals surface area contributed by atoms with Gasteiger partial charge in [-0.1, -0.05) is 29.3 Å². The number of hydrogen-bond acceptors (Lipinski definition) is 5. The molecule has 0 aliphatic heterocycles. The summed E-state index contributed by atoms with van der Waals surface area (Å²) in [6.45, 7) is 3.66. The van der Waals surface area contributed by atoms with Crippen LogP contribution >= 0.6 is 11.6 Å². The number of ether oxygens (including phenoxy) is 1. The number of halogens is 1. The predicted octanol–water partition coefficient (Wildman–Crippen LogP) is 3.96. The third kappa shape index (κ3) is 5.34. The van der Waals surface area contributed by atoms with Gasteiger partial charge in [-0.15, -0.1) is 0 Å². The van der Waals surface area contributed by atoms with E-state index in [1.807, 2.05) is 6.92 Å². The van der Waals surface area contributed by atoms with Crippen LogP contribution < -0.4 is 0 Å². The van der Waals surface area contributed by atoms with Crippen LogP contribution in [-0.2, 0) is 23.8 Å². The van der Waals surface area contributed by atoms with E-state index in [4.69, 9.17) is 20.5 Å². The van der Waals surface area contributed by atoms with Crippen molar-refractivity contribution < 1.29 is 22.1 Å². The third-order valence-electron chi connectivity index (χ3n) is 3.17. The third-order valence-corrected chi connectivity index (χ3v) is 4.67. The lowest BCUT2D eigenvalue weighted by molar-refractivity contribution is -0.137. The van der Waals surface area contributed by atoms with E-state index in [1.54, 1.807) is 43.3 Å². The summed E-state index contributed by atoms with van der Waals surface area (Å²) in [5.41, 5.74) is 1.30. The largest absolute Gasteiger partial charge is 0.463 e. The molecule has 0 aromatic heterocycles. The first-order valence-corrected chi connectivity index (χ1v) is 9.26. The van der Waals surface area contributed by atoms with Gasteiger partial charge in [0.05, 0.1) is 12.7 Å².